The lowest BCUT2D eigenvalue weighted by Crippen LogP contribution is -2.55. The van der Waals surface area contributed by atoms with E-state index in [9.17, 15) is 8.22 Å². The minimum atomic E-state index is -3.20. The third-order valence-corrected chi connectivity index (χ3v) is 6.70. The molecule has 0 bridgehead atoms. The van der Waals surface area contributed by atoms with Crippen molar-refractivity contribution >= 4 is 17.1 Å². The van der Waals surface area contributed by atoms with Gasteiger partial charge in [-0.15, -0.1) is 13.2 Å². The average Bonchev–Trinajstić information content (AvgIpc) is 1.86. The quantitative estimate of drug-likeness (QED) is 0.532. The van der Waals surface area contributed by atoms with Gasteiger partial charge in [-0.25, -0.2) is 0 Å². The first-order valence-electron chi connectivity index (χ1n) is 3.27. The highest BCUT2D eigenvalue weighted by Gasteiger charge is 2.35. The van der Waals surface area contributed by atoms with Crippen LogP contribution in [0.3, 0.4) is 0 Å². The third-order valence-electron chi connectivity index (χ3n) is 1.26. The van der Waals surface area contributed by atoms with Crippen molar-refractivity contribution in [2.75, 3.05) is 0 Å². The Morgan fingerprint density at radius 2 is 1.36 bits per heavy atom. The molecule has 2 unspecified atom stereocenters. The van der Waals surface area contributed by atoms with Crippen LogP contribution in [-0.4, -0.2) is 17.1 Å². The normalized spacial score (nSPS) is 21.5. The molecule has 0 saturated carbocycles. The highest BCUT2D eigenvalue weighted by molar-refractivity contribution is 6.90. The Morgan fingerprint density at radius 3 is 1.55 bits per heavy atom. The van der Waals surface area contributed by atoms with E-state index in [1.807, 2.05) is 0 Å². The molecule has 0 heterocycles. The predicted octanol–water partition coefficient (Wildman–Crippen LogP) is 2.11. The second kappa shape index (κ2) is 3.42. The summed E-state index contributed by atoms with van der Waals surface area (Å²) < 4.78 is 28.7. The highest BCUT2D eigenvalue weighted by atomic mass is 28.5. The Morgan fingerprint density at radius 1 is 1.09 bits per heavy atom. The molecule has 0 spiro atoms. The number of hydrogen-bond donors (Lipinski definition) is 1. The first-order valence-corrected chi connectivity index (χ1v) is 8.18. The van der Waals surface area contributed by atoms with Crippen molar-refractivity contribution in [2.24, 2.45) is 0 Å². The zero-order chi connectivity index (χ0) is 9.12. The molecule has 0 rings (SSSR count). The van der Waals surface area contributed by atoms with Gasteiger partial charge in [0.05, 0.1) is 0 Å². The van der Waals surface area contributed by atoms with Crippen LogP contribution >= 0.6 is 0 Å². The van der Waals surface area contributed by atoms with Crippen molar-refractivity contribution in [1.29, 1.82) is 0 Å². The summed E-state index contributed by atoms with van der Waals surface area (Å²) in [6.07, 6.45) is 0. The second-order valence-corrected chi connectivity index (χ2v) is 8.80. The molecule has 0 aromatic heterocycles. The van der Waals surface area contributed by atoms with Crippen LogP contribution in [0, 0.1) is 0 Å². The van der Waals surface area contributed by atoms with Crippen LogP contribution < -0.4 is 4.65 Å². The maximum absolute atomic E-state index is 13.2. The molecular weight excluding hydrogens is 180 g/mol. The molecule has 0 aliphatic heterocycles. The van der Waals surface area contributed by atoms with E-state index >= 15 is 0 Å². The van der Waals surface area contributed by atoms with E-state index in [4.69, 9.17) is 0 Å². The van der Waals surface area contributed by atoms with Gasteiger partial charge in [0, 0.05) is 0 Å². The lowest BCUT2D eigenvalue weighted by molar-refractivity contribution is 0.742. The van der Waals surface area contributed by atoms with Crippen molar-refractivity contribution in [3.8, 4) is 0 Å². The van der Waals surface area contributed by atoms with E-state index in [1.165, 1.54) is 24.5 Å². The number of halogens is 2. The molecule has 1 nitrogen and oxygen atoms in total. The molecule has 0 aliphatic rings. The van der Waals surface area contributed by atoms with Crippen LogP contribution in [0.2, 0.25) is 13.1 Å². The van der Waals surface area contributed by atoms with E-state index < -0.39 is 17.1 Å². The Kier molecular flexibility index (Phi) is 3.34. The van der Waals surface area contributed by atoms with Crippen LogP contribution in [0.4, 0.5) is 8.22 Å². The van der Waals surface area contributed by atoms with Gasteiger partial charge in [-0.1, -0.05) is 11.4 Å². The van der Waals surface area contributed by atoms with Gasteiger partial charge in [0.15, 0.2) is 0 Å². The van der Waals surface area contributed by atoms with Crippen molar-refractivity contribution in [3.63, 3.8) is 0 Å². The van der Waals surface area contributed by atoms with E-state index in [1.54, 1.807) is 0 Å². The van der Waals surface area contributed by atoms with Gasteiger partial charge in [0.2, 0.25) is 0 Å². The zero-order valence-electron chi connectivity index (χ0n) is 6.82. The van der Waals surface area contributed by atoms with Crippen LogP contribution in [0.5, 0.6) is 0 Å². The molecule has 0 aliphatic carbocycles. The van der Waals surface area contributed by atoms with Crippen molar-refractivity contribution in [1.82, 2.24) is 4.65 Å². The number of rotatable bonds is 4. The molecule has 64 valence electrons. The molecule has 0 aromatic carbocycles. The topological polar surface area (TPSA) is 12.0 Å². The fourth-order valence-corrected chi connectivity index (χ4v) is 5.22. The molecule has 2 atom stereocenters. The molecule has 0 aromatic rings. The van der Waals surface area contributed by atoms with Gasteiger partial charge in [0.1, 0.15) is 0 Å². The monoisotopic (exact) mass is 193 g/mol. The molecule has 0 saturated heterocycles. The Hall–Kier alpha value is -0.266. The van der Waals surface area contributed by atoms with Crippen LogP contribution in [-0.2, 0) is 0 Å². The fraction of sp³-hybridized carbons (Fsp3) is 0.333. The van der Waals surface area contributed by atoms with E-state index in [0.717, 1.165) is 0 Å². The van der Waals surface area contributed by atoms with Gasteiger partial charge in [-0.3, -0.25) is 8.22 Å². The molecule has 5 heteroatoms. The maximum Gasteiger partial charge on any atom is 0.335 e. The Balaban J connectivity index is 4.23. The molecular formula is C6H13F2NSi2. The second-order valence-electron chi connectivity index (χ2n) is 2.68. The van der Waals surface area contributed by atoms with Gasteiger partial charge in [0.25, 0.3) is 0 Å². The summed E-state index contributed by atoms with van der Waals surface area (Å²) in [6, 6.07) is 0. The molecule has 1 N–H and O–H groups in total. The summed E-state index contributed by atoms with van der Waals surface area (Å²) in [6.45, 7) is 9.30. The van der Waals surface area contributed by atoms with Gasteiger partial charge >= 0.3 is 17.1 Å². The Labute approximate surface area is 68.3 Å². The summed E-state index contributed by atoms with van der Waals surface area (Å²) >= 11 is 0. The van der Waals surface area contributed by atoms with E-state index in [0.29, 0.717) is 0 Å². The summed E-state index contributed by atoms with van der Waals surface area (Å²) in [5.74, 6) is 0. The number of nitrogens with one attached hydrogen (secondary N) is 1. The van der Waals surface area contributed by atoms with Crippen LogP contribution in [0.1, 0.15) is 0 Å². The van der Waals surface area contributed by atoms with E-state index in [-0.39, 0.29) is 0 Å². The lowest BCUT2D eigenvalue weighted by atomic mass is 11.3. The maximum atomic E-state index is 13.2. The third kappa shape index (κ3) is 4.23. The standard InChI is InChI=1S/C6H13F2NSi2/c1-5-10(3,7)9-11(4,8)6-2/h5-6,9H,1-2H2,3-4H3. The predicted molar refractivity (Wildman–Crippen MR) is 49.0 cm³/mol. The molecule has 0 radical (unpaired) electrons. The minimum Gasteiger partial charge on any atom is -0.303 e. The SMILES string of the molecule is C=C[Si](C)(F)N[Si](C)(F)C=C. The average molecular weight is 193 g/mol. The zero-order valence-corrected chi connectivity index (χ0v) is 8.82. The summed E-state index contributed by atoms with van der Waals surface area (Å²) in [5.41, 5.74) is 2.34. The van der Waals surface area contributed by atoms with Crippen molar-refractivity contribution < 1.29 is 8.22 Å². The smallest absolute Gasteiger partial charge is 0.303 e. The number of hydrogen-bond acceptors (Lipinski definition) is 1. The minimum absolute atomic E-state index is 1.17. The van der Waals surface area contributed by atoms with Gasteiger partial charge in [-0.2, -0.15) is 0 Å². The van der Waals surface area contributed by atoms with Crippen LogP contribution in [0.25, 0.3) is 0 Å². The molecule has 11 heavy (non-hydrogen) atoms. The van der Waals surface area contributed by atoms with Crippen molar-refractivity contribution in [2.45, 2.75) is 13.1 Å². The van der Waals surface area contributed by atoms with Crippen LogP contribution in [0.15, 0.2) is 24.6 Å². The summed E-state index contributed by atoms with van der Waals surface area (Å²) in [5, 5.41) is 0. The first kappa shape index (κ1) is 10.7. The lowest BCUT2D eigenvalue weighted by Gasteiger charge is -2.21. The van der Waals surface area contributed by atoms with E-state index in [2.05, 4.69) is 17.8 Å². The summed E-state index contributed by atoms with van der Waals surface area (Å²) in [7, 11) is -6.41. The first-order chi connectivity index (χ1) is 4.83. The fourth-order valence-electron chi connectivity index (χ4n) is 0.580. The highest BCUT2D eigenvalue weighted by Crippen LogP contribution is 2.08. The Bertz CT molecular complexity index is 150. The summed E-state index contributed by atoms with van der Waals surface area (Å²) in [4.78, 5) is 0. The largest absolute Gasteiger partial charge is 0.335 e. The molecule has 0 fully saturated rings. The molecule has 0 amide bonds. The van der Waals surface area contributed by atoms with Gasteiger partial charge in [-0.05, 0) is 13.1 Å². The van der Waals surface area contributed by atoms with Crippen molar-refractivity contribution in [3.05, 3.63) is 24.6 Å². The van der Waals surface area contributed by atoms with Gasteiger partial charge < -0.3 is 4.65 Å².